The Morgan fingerprint density at radius 1 is 1.46 bits per heavy atom. The third-order valence-electron chi connectivity index (χ3n) is 2.84. The van der Waals surface area contributed by atoms with E-state index in [4.69, 9.17) is 0 Å². The molecule has 1 heterocycles. The zero-order valence-electron chi connectivity index (χ0n) is 8.22. The van der Waals surface area contributed by atoms with Gasteiger partial charge in [-0.05, 0) is 24.8 Å². The summed E-state index contributed by atoms with van der Waals surface area (Å²) >= 11 is 0. The number of H-pyrrole nitrogens is 1. The summed E-state index contributed by atoms with van der Waals surface area (Å²) in [4.78, 5) is 0. The Morgan fingerprint density at radius 2 is 2.23 bits per heavy atom. The van der Waals surface area contributed by atoms with Crippen LogP contribution in [0.4, 0.5) is 0 Å². The number of aliphatic hydroxyl groups is 1. The summed E-state index contributed by atoms with van der Waals surface area (Å²) in [7, 11) is 0. The van der Waals surface area contributed by atoms with Crippen LogP contribution in [-0.4, -0.2) is 21.9 Å². The minimum absolute atomic E-state index is 0.157. The molecule has 0 aliphatic heterocycles. The molecule has 0 atom stereocenters. The average molecular weight is 180 g/mol. The van der Waals surface area contributed by atoms with Gasteiger partial charge in [0.2, 0.25) is 0 Å². The molecule has 1 aromatic heterocycles. The fourth-order valence-electron chi connectivity index (χ4n) is 1.95. The lowest BCUT2D eigenvalue weighted by atomic mass is 9.87. The van der Waals surface area contributed by atoms with E-state index in [2.05, 4.69) is 10.2 Å². The Hall–Kier alpha value is -0.830. The molecule has 0 saturated carbocycles. The molecule has 1 aromatic rings. The Balaban J connectivity index is 2.41. The summed E-state index contributed by atoms with van der Waals surface area (Å²) in [5.74, 6) is 0. The molecule has 2 rings (SSSR count). The van der Waals surface area contributed by atoms with Gasteiger partial charge in [0.15, 0.2) is 0 Å². The van der Waals surface area contributed by atoms with Crippen molar-refractivity contribution in [2.75, 3.05) is 6.61 Å². The molecule has 1 aliphatic rings. The van der Waals surface area contributed by atoms with Crippen molar-refractivity contribution in [1.82, 2.24) is 10.2 Å². The maximum absolute atomic E-state index is 9.24. The van der Waals surface area contributed by atoms with E-state index in [-0.39, 0.29) is 12.0 Å². The molecule has 0 saturated heterocycles. The largest absolute Gasteiger partial charge is 0.395 e. The van der Waals surface area contributed by atoms with Crippen LogP contribution in [0.3, 0.4) is 0 Å². The molecule has 0 bridgehead atoms. The van der Waals surface area contributed by atoms with Crippen molar-refractivity contribution in [3.8, 4) is 0 Å². The van der Waals surface area contributed by atoms with Gasteiger partial charge in [0.25, 0.3) is 0 Å². The SMILES string of the molecule is CC(C)(CO)c1n[nH]c2c1CCC2. The number of aromatic amines is 1. The molecule has 0 amide bonds. The molecule has 1 aliphatic carbocycles. The van der Waals surface area contributed by atoms with E-state index in [9.17, 15) is 5.11 Å². The lowest BCUT2D eigenvalue weighted by Gasteiger charge is -2.20. The molecular weight excluding hydrogens is 164 g/mol. The zero-order chi connectivity index (χ0) is 9.47. The Labute approximate surface area is 78.2 Å². The monoisotopic (exact) mass is 180 g/mol. The van der Waals surface area contributed by atoms with Gasteiger partial charge in [0.05, 0.1) is 12.3 Å². The van der Waals surface area contributed by atoms with Crippen LogP contribution in [-0.2, 0) is 18.3 Å². The first kappa shape index (κ1) is 8.75. The van der Waals surface area contributed by atoms with E-state index < -0.39 is 0 Å². The molecule has 3 nitrogen and oxygen atoms in total. The Morgan fingerprint density at radius 3 is 2.92 bits per heavy atom. The van der Waals surface area contributed by atoms with Crippen molar-refractivity contribution >= 4 is 0 Å². The van der Waals surface area contributed by atoms with Crippen LogP contribution in [0.5, 0.6) is 0 Å². The van der Waals surface area contributed by atoms with E-state index >= 15 is 0 Å². The third-order valence-corrected chi connectivity index (χ3v) is 2.84. The molecule has 0 spiro atoms. The summed E-state index contributed by atoms with van der Waals surface area (Å²) in [5.41, 5.74) is 3.48. The number of rotatable bonds is 2. The highest BCUT2D eigenvalue weighted by Gasteiger charge is 2.29. The van der Waals surface area contributed by atoms with Crippen molar-refractivity contribution < 1.29 is 5.11 Å². The van der Waals surface area contributed by atoms with Crippen molar-refractivity contribution in [3.63, 3.8) is 0 Å². The lowest BCUT2D eigenvalue weighted by Crippen LogP contribution is -2.24. The first-order chi connectivity index (χ1) is 6.15. The molecule has 72 valence electrons. The maximum atomic E-state index is 9.24. The van der Waals surface area contributed by atoms with Crippen LogP contribution in [0.15, 0.2) is 0 Å². The second-order valence-corrected chi connectivity index (χ2v) is 4.42. The second kappa shape index (κ2) is 2.84. The van der Waals surface area contributed by atoms with Crippen molar-refractivity contribution in [2.45, 2.75) is 38.5 Å². The minimum atomic E-state index is -0.200. The molecule has 0 radical (unpaired) electrons. The number of nitrogens with one attached hydrogen (secondary N) is 1. The highest BCUT2D eigenvalue weighted by molar-refractivity contribution is 5.34. The Bertz CT molecular complexity index is 315. The fraction of sp³-hybridized carbons (Fsp3) is 0.700. The van der Waals surface area contributed by atoms with E-state index in [1.165, 1.54) is 17.7 Å². The number of aryl methyl sites for hydroxylation is 1. The van der Waals surface area contributed by atoms with Crippen LogP contribution in [0.2, 0.25) is 0 Å². The molecule has 3 heteroatoms. The van der Waals surface area contributed by atoms with Crippen LogP contribution < -0.4 is 0 Å². The lowest BCUT2D eigenvalue weighted by molar-refractivity contribution is 0.214. The van der Waals surface area contributed by atoms with Gasteiger partial charge in [0.1, 0.15) is 0 Å². The van der Waals surface area contributed by atoms with E-state index in [0.29, 0.717) is 0 Å². The average Bonchev–Trinajstić information content (AvgIpc) is 2.62. The second-order valence-electron chi connectivity index (χ2n) is 4.42. The highest BCUT2D eigenvalue weighted by Crippen LogP contribution is 2.30. The summed E-state index contributed by atoms with van der Waals surface area (Å²) < 4.78 is 0. The quantitative estimate of drug-likeness (QED) is 0.717. The predicted octanol–water partition coefficient (Wildman–Crippen LogP) is 1.17. The van der Waals surface area contributed by atoms with Gasteiger partial charge in [0, 0.05) is 11.1 Å². The molecule has 0 fully saturated rings. The number of aliphatic hydroxyl groups excluding tert-OH is 1. The van der Waals surface area contributed by atoms with E-state index in [1.807, 2.05) is 13.8 Å². The molecular formula is C10H16N2O. The topological polar surface area (TPSA) is 48.9 Å². The minimum Gasteiger partial charge on any atom is -0.395 e. The van der Waals surface area contributed by atoms with Gasteiger partial charge < -0.3 is 5.11 Å². The zero-order valence-corrected chi connectivity index (χ0v) is 8.22. The molecule has 0 unspecified atom stereocenters. The standard InChI is InChI=1S/C10H16N2O/c1-10(2,6-13)9-7-4-3-5-8(7)11-12-9/h13H,3-6H2,1-2H3,(H,11,12). The third kappa shape index (κ3) is 1.27. The highest BCUT2D eigenvalue weighted by atomic mass is 16.3. The van der Waals surface area contributed by atoms with Gasteiger partial charge in [-0.3, -0.25) is 5.10 Å². The number of hydrogen-bond donors (Lipinski definition) is 2. The number of fused-ring (bicyclic) bond motifs is 1. The number of aromatic nitrogens is 2. The molecule has 13 heavy (non-hydrogen) atoms. The number of nitrogens with zero attached hydrogens (tertiary/aromatic N) is 1. The van der Waals surface area contributed by atoms with Gasteiger partial charge in [-0.15, -0.1) is 0 Å². The van der Waals surface area contributed by atoms with Crippen molar-refractivity contribution in [3.05, 3.63) is 17.0 Å². The first-order valence-corrected chi connectivity index (χ1v) is 4.82. The summed E-state index contributed by atoms with van der Waals surface area (Å²) in [6, 6.07) is 0. The summed E-state index contributed by atoms with van der Waals surface area (Å²) in [6.07, 6.45) is 3.45. The summed E-state index contributed by atoms with van der Waals surface area (Å²) in [6.45, 7) is 4.22. The first-order valence-electron chi connectivity index (χ1n) is 4.82. The van der Waals surface area contributed by atoms with Crippen molar-refractivity contribution in [1.29, 1.82) is 0 Å². The van der Waals surface area contributed by atoms with Gasteiger partial charge in [-0.2, -0.15) is 5.10 Å². The van der Waals surface area contributed by atoms with Crippen LogP contribution >= 0.6 is 0 Å². The van der Waals surface area contributed by atoms with E-state index in [1.54, 1.807) is 0 Å². The van der Waals surface area contributed by atoms with Gasteiger partial charge >= 0.3 is 0 Å². The van der Waals surface area contributed by atoms with Crippen LogP contribution in [0.1, 0.15) is 37.2 Å². The predicted molar refractivity (Wildman–Crippen MR) is 50.7 cm³/mol. The van der Waals surface area contributed by atoms with Crippen LogP contribution in [0, 0.1) is 0 Å². The normalized spacial score (nSPS) is 16.2. The van der Waals surface area contributed by atoms with Gasteiger partial charge in [-0.25, -0.2) is 0 Å². The van der Waals surface area contributed by atoms with Crippen molar-refractivity contribution in [2.24, 2.45) is 0 Å². The number of hydrogen-bond acceptors (Lipinski definition) is 2. The van der Waals surface area contributed by atoms with E-state index in [0.717, 1.165) is 18.5 Å². The Kier molecular flexibility index (Phi) is 1.91. The molecule has 0 aromatic carbocycles. The smallest absolute Gasteiger partial charge is 0.0735 e. The molecule has 2 N–H and O–H groups in total. The summed E-state index contributed by atoms with van der Waals surface area (Å²) in [5, 5.41) is 16.6. The fourth-order valence-corrected chi connectivity index (χ4v) is 1.95. The van der Waals surface area contributed by atoms with Gasteiger partial charge in [-0.1, -0.05) is 13.8 Å². The maximum Gasteiger partial charge on any atom is 0.0735 e. The van der Waals surface area contributed by atoms with Crippen LogP contribution in [0.25, 0.3) is 0 Å².